The Hall–Kier alpha value is -4.87. The van der Waals surface area contributed by atoms with E-state index in [9.17, 15) is 45.5 Å². The molecule has 3 aromatic rings. The van der Waals surface area contributed by atoms with Gasteiger partial charge in [-0.1, -0.05) is 6.07 Å². The van der Waals surface area contributed by atoms with Gasteiger partial charge in [-0.05, 0) is 83.6 Å². The third-order valence-corrected chi connectivity index (χ3v) is 8.75. The SMILES string of the molecule is O=C(CCN1C(=O)SC(=Cc2cc(-c3cc(C(F)(F)F)cc(C(F)(F)F)c3)ccc2OCCN2CCOCC2)C1=O)Nc1ccc(C(=O)O)cc1. The third kappa shape index (κ3) is 9.68. The molecule has 2 aliphatic rings. The van der Waals surface area contributed by atoms with E-state index in [-0.39, 0.29) is 58.5 Å². The molecule has 2 N–H and O–H groups in total. The van der Waals surface area contributed by atoms with E-state index in [0.29, 0.717) is 62.4 Å². The number of anilines is 1. The summed E-state index contributed by atoms with van der Waals surface area (Å²) in [5.41, 5.74) is -3.00. The van der Waals surface area contributed by atoms with Crippen molar-refractivity contribution >= 4 is 46.5 Å². The zero-order valence-corrected chi connectivity index (χ0v) is 27.3. The van der Waals surface area contributed by atoms with Gasteiger partial charge in [-0.25, -0.2) is 4.79 Å². The molecule has 0 saturated carbocycles. The number of aromatic carboxylic acids is 1. The Morgan fingerprint density at radius 1 is 0.882 bits per heavy atom. The maximum Gasteiger partial charge on any atom is 0.416 e. The van der Waals surface area contributed by atoms with Gasteiger partial charge in [-0.3, -0.25) is 24.2 Å². The molecule has 0 aliphatic carbocycles. The molecule has 3 amide bonds. The lowest BCUT2D eigenvalue weighted by Gasteiger charge is -2.26. The number of nitrogens with zero attached hydrogens (tertiary/aromatic N) is 2. The van der Waals surface area contributed by atoms with E-state index < -0.39 is 46.5 Å². The Kier molecular flexibility index (Phi) is 11.4. The molecule has 0 bridgehead atoms. The van der Waals surface area contributed by atoms with E-state index in [0.717, 1.165) is 4.90 Å². The van der Waals surface area contributed by atoms with Crippen molar-refractivity contribution in [1.29, 1.82) is 0 Å². The van der Waals surface area contributed by atoms with Crippen LogP contribution >= 0.6 is 11.8 Å². The van der Waals surface area contributed by atoms with E-state index in [2.05, 4.69) is 10.2 Å². The van der Waals surface area contributed by atoms with Crippen molar-refractivity contribution in [3.8, 4) is 16.9 Å². The van der Waals surface area contributed by atoms with Crippen LogP contribution in [0, 0.1) is 0 Å². The maximum absolute atomic E-state index is 13.6. The van der Waals surface area contributed by atoms with Crippen LogP contribution in [0.15, 0.2) is 65.6 Å². The van der Waals surface area contributed by atoms with Crippen molar-refractivity contribution in [2.45, 2.75) is 18.8 Å². The van der Waals surface area contributed by atoms with E-state index >= 15 is 0 Å². The molecule has 2 fully saturated rings. The lowest BCUT2D eigenvalue weighted by atomic mass is 9.97. The van der Waals surface area contributed by atoms with Gasteiger partial charge >= 0.3 is 18.3 Å². The number of carbonyl (C=O) groups is 4. The van der Waals surface area contributed by atoms with Crippen LogP contribution in [0.1, 0.15) is 33.5 Å². The number of halogens is 6. The van der Waals surface area contributed by atoms with Gasteiger partial charge < -0.3 is 19.9 Å². The smallest absolute Gasteiger partial charge is 0.416 e. The number of alkyl halides is 6. The van der Waals surface area contributed by atoms with Gasteiger partial charge in [-0.2, -0.15) is 26.3 Å². The normalized spacial score (nSPS) is 16.5. The number of hydrogen-bond donors (Lipinski definition) is 2. The van der Waals surface area contributed by atoms with Crippen molar-refractivity contribution in [2.24, 2.45) is 0 Å². The standard InChI is InChI=1S/C34H29F6N3O7S/c35-33(36,37)24-16-22(17-25(19-24)34(38,39)40)21-3-6-27(50-14-11-42-9-12-49-13-10-42)23(15-21)18-28-30(45)43(32(48)51-28)8-7-29(44)41-26-4-1-20(2-5-26)31(46)47/h1-6,15-19H,7-14H2,(H,41,44)(H,46,47). The van der Waals surface area contributed by atoms with Gasteiger partial charge in [0, 0.05) is 43.9 Å². The second-order valence-corrected chi connectivity index (χ2v) is 12.4. The summed E-state index contributed by atoms with van der Waals surface area (Å²) in [7, 11) is 0. The molecule has 3 aromatic carbocycles. The Bertz CT molecular complexity index is 1810. The number of carboxylic acid groups (broad SMARTS) is 1. The molecule has 0 atom stereocenters. The zero-order chi connectivity index (χ0) is 36.9. The molecule has 0 spiro atoms. The van der Waals surface area contributed by atoms with Crippen LogP contribution in [0.5, 0.6) is 5.75 Å². The first-order valence-electron chi connectivity index (χ1n) is 15.3. The molecule has 17 heteroatoms. The average Bonchev–Trinajstić information content (AvgIpc) is 3.34. The Balaban J connectivity index is 1.39. The van der Waals surface area contributed by atoms with Crippen LogP contribution in [0.2, 0.25) is 0 Å². The molecule has 10 nitrogen and oxygen atoms in total. The Morgan fingerprint density at radius 3 is 2.14 bits per heavy atom. The van der Waals surface area contributed by atoms with Gasteiger partial charge in [-0.15, -0.1) is 0 Å². The highest BCUT2D eigenvalue weighted by molar-refractivity contribution is 8.18. The fraction of sp³-hybridized carbons (Fsp3) is 0.294. The van der Waals surface area contributed by atoms with Crippen LogP contribution in [0.25, 0.3) is 17.2 Å². The number of nitrogens with one attached hydrogen (secondary N) is 1. The van der Waals surface area contributed by atoms with Gasteiger partial charge in [0.05, 0.1) is 34.8 Å². The largest absolute Gasteiger partial charge is 0.492 e. The monoisotopic (exact) mass is 737 g/mol. The number of carboxylic acids is 1. The van der Waals surface area contributed by atoms with Crippen LogP contribution in [0.4, 0.5) is 36.8 Å². The van der Waals surface area contributed by atoms with Crippen LogP contribution in [-0.2, 0) is 26.7 Å². The molecular weight excluding hydrogens is 708 g/mol. The number of imide groups is 1. The molecule has 51 heavy (non-hydrogen) atoms. The first-order valence-corrected chi connectivity index (χ1v) is 16.2. The summed E-state index contributed by atoms with van der Waals surface area (Å²) in [5.74, 6) is -2.32. The first-order chi connectivity index (χ1) is 24.1. The summed E-state index contributed by atoms with van der Waals surface area (Å²) in [6.07, 6.45) is -9.17. The zero-order valence-electron chi connectivity index (χ0n) is 26.5. The highest BCUT2D eigenvalue weighted by Crippen LogP contribution is 2.40. The molecule has 0 radical (unpaired) electrons. The van der Waals surface area contributed by atoms with Crippen molar-refractivity contribution in [3.63, 3.8) is 0 Å². The van der Waals surface area contributed by atoms with Crippen molar-refractivity contribution in [1.82, 2.24) is 9.80 Å². The lowest BCUT2D eigenvalue weighted by Crippen LogP contribution is -2.38. The highest BCUT2D eigenvalue weighted by Gasteiger charge is 2.38. The number of thioether (sulfide) groups is 1. The number of rotatable bonds is 11. The van der Waals surface area contributed by atoms with Gasteiger partial charge in [0.15, 0.2) is 0 Å². The summed E-state index contributed by atoms with van der Waals surface area (Å²) >= 11 is 0.541. The minimum Gasteiger partial charge on any atom is -0.492 e. The van der Waals surface area contributed by atoms with Gasteiger partial charge in [0.1, 0.15) is 12.4 Å². The lowest BCUT2D eigenvalue weighted by molar-refractivity contribution is -0.143. The van der Waals surface area contributed by atoms with Gasteiger partial charge in [0.25, 0.3) is 11.1 Å². The fourth-order valence-corrected chi connectivity index (χ4v) is 6.03. The summed E-state index contributed by atoms with van der Waals surface area (Å²) in [4.78, 5) is 52.5. The Morgan fingerprint density at radius 2 is 1.53 bits per heavy atom. The minimum atomic E-state index is -5.07. The molecule has 270 valence electrons. The molecule has 0 unspecified atom stereocenters. The first kappa shape index (κ1) is 37.4. The highest BCUT2D eigenvalue weighted by atomic mass is 32.2. The van der Waals surface area contributed by atoms with Crippen LogP contribution in [0.3, 0.4) is 0 Å². The molecule has 5 rings (SSSR count). The number of carbonyl (C=O) groups excluding carboxylic acids is 3. The summed E-state index contributed by atoms with van der Waals surface area (Å²) in [6.45, 7) is 2.72. The summed E-state index contributed by atoms with van der Waals surface area (Å²) < 4.78 is 92.9. The van der Waals surface area contributed by atoms with E-state index in [1.165, 1.54) is 48.5 Å². The van der Waals surface area contributed by atoms with Crippen molar-refractivity contribution in [3.05, 3.63) is 87.8 Å². The molecular formula is C34H29F6N3O7S. The van der Waals surface area contributed by atoms with E-state index in [1.807, 2.05) is 0 Å². The van der Waals surface area contributed by atoms with Gasteiger partial charge in [0.2, 0.25) is 5.91 Å². The number of benzene rings is 3. The fourth-order valence-electron chi connectivity index (χ4n) is 5.17. The molecule has 2 heterocycles. The second-order valence-electron chi connectivity index (χ2n) is 11.4. The summed E-state index contributed by atoms with van der Waals surface area (Å²) in [5, 5.41) is 10.9. The van der Waals surface area contributed by atoms with E-state index in [4.69, 9.17) is 14.6 Å². The topological polar surface area (TPSA) is 125 Å². The second kappa shape index (κ2) is 15.6. The molecule has 2 aliphatic heterocycles. The quantitative estimate of drug-likeness (QED) is 0.160. The minimum absolute atomic E-state index is 0.00896. The number of ether oxygens (including phenoxy) is 2. The molecule has 0 aromatic heterocycles. The predicted octanol–water partition coefficient (Wildman–Crippen LogP) is 6.87. The van der Waals surface area contributed by atoms with Crippen LogP contribution < -0.4 is 10.1 Å². The van der Waals surface area contributed by atoms with Crippen LogP contribution in [-0.4, -0.2) is 83.9 Å². The number of morpholine rings is 1. The van der Waals surface area contributed by atoms with Crippen molar-refractivity contribution < 1.29 is 60.1 Å². The number of amides is 3. The third-order valence-electron chi connectivity index (χ3n) is 7.84. The van der Waals surface area contributed by atoms with E-state index in [1.54, 1.807) is 0 Å². The summed E-state index contributed by atoms with van der Waals surface area (Å²) in [6, 6.07) is 10.5. The molecule has 2 saturated heterocycles. The Labute approximate surface area is 291 Å². The maximum atomic E-state index is 13.6. The average molecular weight is 738 g/mol. The van der Waals surface area contributed by atoms with Crippen molar-refractivity contribution in [2.75, 3.05) is 51.3 Å². The number of hydrogen-bond acceptors (Lipinski definition) is 8. The predicted molar refractivity (Wildman–Crippen MR) is 174 cm³/mol.